The van der Waals surface area contributed by atoms with Gasteiger partial charge >= 0.3 is 0 Å². The van der Waals surface area contributed by atoms with Crippen LogP contribution in [0, 0.1) is 0 Å². The molecule has 0 radical (unpaired) electrons. The van der Waals surface area contributed by atoms with E-state index in [-0.39, 0.29) is 29.9 Å². The summed E-state index contributed by atoms with van der Waals surface area (Å²) in [5, 5.41) is 9.34. The van der Waals surface area contributed by atoms with Gasteiger partial charge in [-0.1, -0.05) is 18.6 Å². The number of nitrogens with one attached hydrogen (secondary N) is 3. The molecule has 1 atom stereocenters. The van der Waals surface area contributed by atoms with Crippen LogP contribution in [0.5, 0.6) is 0 Å². The standard InChI is InChI=1S/C20H33N5O.HI/c1-16-8-4-5-12-25(16)13-7-11-23-20(22-3)24-15-17-9-6-10-18(14-17)19(26)21-2;/h6,9-10,14,16H,4-5,7-8,11-13,15H2,1-3H3,(H,21,26)(H2,22,23,24);1H. The van der Waals surface area contributed by atoms with Crippen LogP contribution >= 0.6 is 24.0 Å². The fourth-order valence-electron chi connectivity index (χ4n) is 3.35. The number of benzene rings is 1. The van der Waals surface area contributed by atoms with E-state index in [4.69, 9.17) is 0 Å². The van der Waals surface area contributed by atoms with E-state index in [0.717, 1.165) is 31.0 Å². The molecule has 152 valence electrons. The molecule has 1 aromatic rings. The summed E-state index contributed by atoms with van der Waals surface area (Å²) in [6.07, 6.45) is 5.13. The Hall–Kier alpha value is -1.35. The van der Waals surface area contributed by atoms with Gasteiger partial charge in [0, 0.05) is 45.3 Å². The molecule has 6 nitrogen and oxygen atoms in total. The van der Waals surface area contributed by atoms with Gasteiger partial charge in [0.25, 0.3) is 5.91 Å². The summed E-state index contributed by atoms with van der Waals surface area (Å²) in [6.45, 7) is 6.24. The summed E-state index contributed by atoms with van der Waals surface area (Å²) in [5.41, 5.74) is 1.72. The largest absolute Gasteiger partial charge is 0.356 e. The summed E-state index contributed by atoms with van der Waals surface area (Å²) in [4.78, 5) is 18.6. The maximum absolute atomic E-state index is 11.7. The molecule has 1 aromatic carbocycles. The summed E-state index contributed by atoms with van der Waals surface area (Å²) in [7, 11) is 3.42. The number of likely N-dealkylation sites (tertiary alicyclic amines) is 1. The average molecular weight is 487 g/mol. The first kappa shape index (κ1) is 23.7. The molecule has 0 bridgehead atoms. The fourth-order valence-corrected chi connectivity index (χ4v) is 3.35. The van der Waals surface area contributed by atoms with E-state index in [1.165, 1.54) is 25.8 Å². The van der Waals surface area contributed by atoms with Crippen molar-refractivity contribution in [2.45, 2.75) is 45.2 Å². The van der Waals surface area contributed by atoms with Crippen molar-refractivity contribution >= 4 is 35.8 Å². The second-order valence-corrected chi connectivity index (χ2v) is 6.87. The highest BCUT2D eigenvalue weighted by Gasteiger charge is 2.17. The highest BCUT2D eigenvalue weighted by Crippen LogP contribution is 2.16. The van der Waals surface area contributed by atoms with Crippen molar-refractivity contribution in [3.05, 3.63) is 35.4 Å². The Balaban J connectivity index is 0.00000364. The van der Waals surface area contributed by atoms with Crippen molar-refractivity contribution in [2.24, 2.45) is 4.99 Å². The van der Waals surface area contributed by atoms with E-state index >= 15 is 0 Å². The minimum Gasteiger partial charge on any atom is -0.356 e. The molecule has 7 heteroatoms. The molecule has 0 aliphatic carbocycles. The molecular weight excluding hydrogens is 453 g/mol. The minimum absolute atomic E-state index is 0. The van der Waals surface area contributed by atoms with Crippen molar-refractivity contribution in [1.29, 1.82) is 0 Å². The smallest absolute Gasteiger partial charge is 0.251 e. The Labute approximate surface area is 180 Å². The zero-order valence-corrected chi connectivity index (χ0v) is 19.1. The van der Waals surface area contributed by atoms with Crippen molar-refractivity contribution in [2.75, 3.05) is 33.7 Å². The third-order valence-electron chi connectivity index (χ3n) is 4.95. The Morgan fingerprint density at radius 2 is 2.11 bits per heavy atom. The van der Waals surface area contributed by atoms with Gasteiger partial charge in [-0.3, -0.25) is 9.79 Å². The Morgan fingerprint density at radius 3 is 2.81 bits per heavy atom. The van der Waals surface area contributed by atoms with Crippen LogP contribution in [0.1, 0.15) is 48.5 Å². The molecule has 0 saturated carbocycles. The molecular formula is C20H34IN5O. The van der Waals surface area contributed by atoms with E-state index < -0.39 is 0 Å². The molecule has 1 unspecified atom stereocenters. The Morgan fingerprint density at radius 1 is 1.30 bits per heavy atom. The van der Waals surface area contributed by atoms with E-state index in [1.807, 2.05) is 24.3 Å². The zero-order chi connectivity index (χ0) is 18.8. The molecule has 0 spiro atoms. The van der Waals surface area contributed by atoms with Gasteiger partial charge in [-0.05, 0) is 50.4 Å². The SMILES string of the molecule is CN=C(NCCCN1CCCCC1C)NCc1cccc(C(=O)NC)c1.I. The summed E-state index contributed by atoms with van der Waals surface area (Å²) in [5.74, 6) is 0.725. The van der Waals surface area contributed by atoms with Crippen LogP contribution in [0.4, 0.5) is 0 Å². The Kier molecular flexibility index (Phi) is 11.3. The van der Waals surface area contributed by atoms with Gasteiger partial charge in [0.1, 0.15) is 0 Å². The first-order valence-electron chi connectivity index (χ1n) is 9.63. The third kappa shape index (κ3) is 8.04. The van der Waals surface area contributed by atoms with Gasteiger partial charge in [-0.25, -0.2) is 0 Å². The molecule has 1 saturated heterocycles. The average Bonchev–Trinajstić information content (AvgIpc) is 2.68. The minimum atomic E-state index is -0.0682. The van der Waals surface area contributed by atoms with Crippen LogP contribution in [0.3, 0.4) is 0 Å². The Bertz CT molecular complexity index is 608. The second kappa shape index (κ2) is 12.9. The molecule has 3 N–H and O–H groups in total. The van der Waals surface area contributed by atoms with Crippen molar-refractivity contribution in [1.82, 2.24) is 20.9 Å². The third-order valence-corrected chi connectivity index (χ3v) is 4.95. The number of guanidine groups is 1. The van der Waals surface area contributed by atoms with Gasteiger partial charge < -0.3 is 20.9 Å². The molecule has 1 aliphatic rings. The molecule has 1 aliphatic heterocycles. The lowest BCUT2D eigenvalue weighted by Crippen LogP contribution is -2.41. The number of hydrogen-bond acceptors (Lipinski definition) is 3. The highest BCUT2D eigenvalue weighted by atomic mass is 127. The van der Waals surface area contributed by atoms with Crippen LogP contribution in [-0.2, 0) is 6.54 Å². The van der Waals surface area contributed by atoms with Crippen LogP contribution in [0.25, 0.3) is 0 Å². The molecule has 1 fully saturated rings. The molecule has 1 amide bonds. The molecule has 27 heavy (non-hydrogen) atoms. The lowest BCUT2D eigenvalue weighted by molar-refractivity contribution is 0.0963. The number of rotatable bonds is 7. The summed E-state index contributed by atoms with van der Waals surface area (Å²) >= 11 is 0. The first-order valence-corrected chi connectivity index (χ1v) is 9.63. The number of halogens is 1. The maximum Gasteiger partial charge on any atom is 0.251 e. The predicted molar refractivity (Wildman–Crippen MR) is 123 cm³/mol. The van der Waals surface area contributed by atoms with Gasteiger partial charge in [-0.15, -0.1) is 24.0 Å². The van der Waals surface area contributed by atoms with Gasteiger partial charge in [-0.2, -0.15) is 0 Å². The highest BCUT2D eigenvalue weighted by molar-refractivity contribution is 14.0. The van der Waals surface area contributed by atoms with Crippen molar-refractivity contribution in [3.63, 3.8) is 0 Å². The van der Waals surface area contributed by atoms with E-state index in [1.54, 1.807) is 14.1 Å². The normalized spacial score (nSPS) is 17.7. The van der Waals surface area contributed by atoms with Crippen LogP contribution in [-0.4, -0.2) is 56.5 Å². The fraction of sp³-hybridized carbons (Fsp3) is 0.600. The maximum atomic E-state index is 11.7. The second-order valence-electron chi connectivity index (χ2n) is 6.87. The quantitative estimate of drug-likeness (QED) is 0.240. The van der Waals surface area contributed by atoms with Crippen LogP contribution < -0.4 is 16.0 Å². The predicted octanol–water partition coefficient (Wildman–Crippen LogP) is 2.59. The van der Waals surface area contributed by atoms with Gasteiger partial charge in [0.15, 0.2) is 5.96 Å². The lowest BCUT2D eigenvalue weighted by Gasteiger charge is -2.33. The topological polar surface area (TPSA) is 68.8 Å². The first-order chi connectivity index (χ1) is 12.6. The molecule has 2 rings (SSSR count). The van der Waals surface area contributed by atoms with Crippen molar-refractivity contribution < 1.29 is 4.79 Å². The molecule has 0 aromatic heterocycles. The van der Waals surface area contributed by atoms with Crippen molar-refractivity contribution in [3.8, 4) is 0 Å². The monoisotopic (exact) mass is 487 g/mol. The number of piperidine rings is 1. The summed E-state index contributed by atoms with van der Waals surface area (Å²) in [6, 6.07) is 8.34. The lowest BCUT2D eigenvalue weighted by atomic mass is 10.0. The number of carbonyl (C=O) groups is 1. The molecule has 1 heterocycles. The van der Waals surface area contributed by atoms with Gasteiger partial charge in [0.05, 0.1) is 0 Å². The van der Waals surface area contributed by atoms with E-state index in [2.05, 4.69) is 32.8 Å². The number of amides is 1. The number of aliphatic imine (C=N–C) groups is 1. The zero-order valence-electron chi connectivity index (χ0n) is 16.8. The van der Waals surface area contributed by atoms with Crippen LogP contribution in [0.15, 0.2) is 29.3 Å². The van der Waals surface area contributed by atoms with E-state index in [9.17, 15) is 4.79 Å². The van der Waals surface area contributed by atoms with E-state index in [0.29, 0.717) is 18.2 Å². The van der Waals surface area contributed by atoms with Crippen LogP contribution in [0.2, 0.25) is 0 Å². The summed E-state index contributed by atoms with van der Waals surface area (Å²) < 4.78 is 0. The van der Waals surface area contributed by atoms with Gasteiger partial charge in [0.2, 0.25) is 0 Å². The number of nitrogens with zero attached hydrogens (tertiary/aromatic N) is 2. The number of carbonyl (C=O) groups excluding carboxylic acids is 1. The number of hydrogen-bond donors (Lipinski definition) is 3.